The van der Waals surface area contributed by atoms with E-state index in [4.69, 9.17) is 4.74 Å². The molecular weight excluding hydrogens is 318 g/mol. The molecule has 25 heavy (non-hydrogen) atoms. The average Bonchev–Trinajstić information content (AvgIpc) is 2.62. The molecule has 0 heterocycles. The third-order valence-corrected chi connectivity index (χ3v) is 4.05. The second-order valence-corrected chi connectivity index (χ2v) is 5.86. The number of aliphatic hydroxyl groups excluding tert-OH is 1. The van der Waals surface area contributed by atoms with Crippen molar-refractivity contribution >= 4 is 11.9 Å². The second-order valence-electron chi connectivity index (χ2n) is 5.86. The number of aryl methyl sites for hydroxylation is 2. The van der Waals surface area contributed by atoms with Gasteiger partial charge in [0.15, 0.2) is 6.04 Å². The molecule has 2 aromatic rings. The molecule has 0 saturated carbocycles. The molecule has 0 saturated heterocycles. The van der Waals surface area contributed by atoms with Gasteiger partial charge >= 0.3 is 5.97 Å². The van der Waals surface area contributed by atoms with Crippen molar-refractivity contribution in [3.63, 3.8) is 0 Å². The van der Waals surface area contributed by atoms with Crippen LogP contribution in [0.3, 0.4) is 0 Å². The number of benzene rings is 2. The Morgan fingerprint density at radius 2 is 1.76 bits per heavy atom. The van der Waals surface area contributed by atoms with Gasteiger partial charge in [-0.25, -0.2) is 4.79 Å². The summed E-state index contributed by atoms with van der Waals surface area (Å²) in [5.74, 6) is -1.10. The molecule has 2 N–H and O–H groups in total. The lowest BCUT2D eigenvalue weighted by Gasteiger charge is -2.23. The van der Waals surface area contributed by atoms with Crippen molar-refractivity contribution in [2.45, 2.75) is 32.9 Å². The number of esters is 1. The molecular formula is C20H23NO4. The summed E-state index contributed by atoms with van der Waals surface area (Å²) in [6.07, 6.45) is -1.20. The van der Waals surface area contributed by atoms with Crippen LogP contribution in [-0.2, 0) is 9.53 Å². The van der Waals surface area contributed by atoms with Crippen LogP contribution in [0, 0.1) is 13.8 Å². The van der Waals surface area contributed by atoms with Gasteiger partial charge in [0.25, 0.3) is 5.91 Å². The fourth-order valence-electron chi connectivity index (χ4n) is 2.45. The van der Waals surface area contributed by atoms with Gasteiger partial charge in [0.2, 0.25) is 0 Å². The maximum Gasteiger partial charge on any atom is 0.331 e. The number of aliphatic hydroxyl groups is 1. The van der Waals surface area contributed by atoms with Crippen molar-refractivity contribution in [2.75, 3.05) is 6.61 Å². The molecule has 2 atom stereocenters. The van der Waals surface area contributed by atoms with Crippen LogP contribution >= 0.6 is 0 Å². The molecule has 5 nitrogen and oxygen atoms in total. The topological polar surface area (TPSA) is 75.6 Å². The van der Waals surface area contributed by atoms with E-state index in [0.717, 1.165) is 11.1 Å². The highest BCUT2D eigenvalue weighted by Crippen LogP contribution is 2.18. The minimum absolute atomic E-state index is 0.163. The van der Waals surface area contributed by atoms with Gasteiger partial charge in [0.05, 0.1) is 6.61 Å². The largest absolute Gasteiger partial charge is 0.464 e. The van der Waals surface area contributed by atoms with E-state index in [9.17, 15) is 14.7 Å². The zero-order valence-electron chi connectivity index (χ0n) is 14.7. The summed E-state index contributed by atoms with van der Waals surface area (Å²) < 4.78 is 5.01. The Kier molecular flexibility index (Phi) is 6.31. The Hall–Kier alpha value is -2.66. The SMILES string of the molecule is CCOC(=O)C(NC(=O)c1ccc(C)c(C)c1)C(O)c1ccccc1. The van der Waals surface area contributed by atoms with Crippen molar-refractivity contribution in [3.8, 4) is 0 Å². The molecule has 0 aliphatic carbocycles. The number of rotatable bonds is 6. The predicted molar refractivity (Wildman–Crippen MR) is 95.2 cm³/mol. The summed E-state index contributed by atoms with van der Waals surface area (Å²) in [5.41, 5.74) is 3.00. The number of hydrogen-bond donors (Lipinski definition) is 2. The summed E-state index contributed by atoms with van der Waals surface area (Å²) >= 11 is 0. The van der Waals surface area contributed by atoms with Crippen molar-refractivity contribution in [2.24, 2.45) is 0 Å². The lowest BCUT2D eigenvalue weighted by atomic mass is 10.0. The third kappa shape index (κ3) is 4.67. The number of amides is 1. The Morgan fingerprint density at radius 1 is 1.08 bits per heavy atom. The Morgan fingerprint density at radius 3 is 2.36 bits per heavy atom. The van der Waals surface area contributed by atoms with E-state index in [0.29, 0.717) is 11.1 Å². The van der Waals surface area contributed by atoms with E-state index in [1.807, 2.05) is 26.0 Å². The van der Waals surface area contributed by atoms with E-state index < -0.39 is 24.0 Å². The second kappa shape index (κ2) is 8.44. The molecule has 0 aromatic heterocycles. The fraction of sp³-hybridized carbons (Fsp3) is 0.300. The smallest absolute Gasteiger partial charge is 0.331 e. The highest BCUT2D eigenvalue weighted by atomic mass is 16.5. The summed E-state index contributed by atoms with van der Waals surface area (Å²) in [7, 11) is 0. The van der Waals surface area contributed by atoms with Crippen LogP contribution in [0.25, 0.3) is 0 Å². The molecule has 0 aliphatic rings. The maximum absolute atomic E-state index is 12.5. The van der Waals surface area contributed by atoms with Crippen LogP contribution in [0.1, 0.15) is 40.1 Å². The minimum Gasteiger partial charge on any atom is -0.464 e. The van der Waals surface area contributed by atoms with Gasteiger partial charge in [-0.1, -0.05) is 36.4 Å². The Bertz CT molecular complexity index is 743. The van der Waals surface area contributed by atoms with E-state index in [1.54, 1.807) is 43.3 Å². The number of hydrogen-bond acceptors (Lipinski definition) is 4. The van der Waals surface area contributed by atoms with Crippen molar-refractivity contribution in [1.82, 2.24) is 5.32 Å². The van der Waals surface area contributed by atoms with Gasteiger partial charge in [-0.05, 0) is 49.6 Å². The Balaban J connectivity index is 2.24. The zero-order chi connectivity index (χ0) is 18.4. The van der Waals surface area contributed by atoms with Crippen LogP contribution in [0.4, 0.5) is 0 Å². The molecule has 0 bridgehead atoms. The first kappa shape index (κ1) is 18.7. The van der Waals surface area contributed by atoms with Crippen LogP contribution < -0.4 is 5.32 Å². The van der Waals surface area contributed by atoms with Gasteiger partial charge in [-0.2, -0.15) is 0 Å². The van der Waals surface area contributed by atoms with Gasteiger partial charge < -0.3 is 15.2 Å². The summed E-state index contributed by atoms with van der Waals surface area (Å²) in [6, 6.07) is 12.8. The zero-order valence-corrected chi connectivity index (χ0v) is 14.7. The third-order valence-electron chi connectivity index (χ3n) is 4.05. The van der Waals surface area contributed by atoms with Gasteiger partial charge in [-0.15, -0.1) is 0 Å². The molecule has 0 radical (unpaired) electrons. The van der Waals surface area contributed by atoms with Crippen LogP contribution in [-0.4, -0.2) is 29.6 Å². The molecule has 1 amide bonds. The predicted octanol–water partition coefficient (Wildman–Crippen LogP) is 2.70. The number of carbonyl (C=O) groups excluding carboxylic acids is 2. The molecule has 2 aromatic carbocycles. The molecule has 132 valence electrons. The van der Waals surface area contributed by atoms with Crippen LogP contribution in [0.2, 0.25) is 0 Å². The molecule has 0 fully saturated rings. The molecule has 0 spiro atoms. The standard InChI is InChI=1S/C20H23NO4/c1-4-25-20(24)17(18(22)15-8-6-5-7-9-15)21-19(23)16-11-10-13(2)14(3)12-16/h5-12,17-18,22H,4H2,1-3H3,(H,21,23). The minimum atomic E-state index is -1.20. The summed E-state index contributed by atoms with van der Waals surface area (Å²) in [6.45, 7) is 5.71. The van der Waals surface area contributed by atoms with E-state index >= 15 is 0 Å². The molecule has 2 rings (SSSR count). The first-order valence-electron chi connectivity index (χ1n) is 8.21. The first-order chi connectivity index (χ1) is 11.9. The van der Waals surface area contributed by atoms with Gasteiger partial charge in [0.1, 0.15) is 6.10 Å². The van der Waals surface area contributed by atoms with Crippen molar-refractivity contribution < 1.29 is 19.4 Å². The number of ether oxygens (including phenoxy) is 1. The maximum atomic E-state index is 12.5. The van der Waals surface area contributed by atoms with Gasteiger partial charge in [-0.3, -0.25) is 4.79 Å². The highest BCUT2D eigenvalue weighted by molar-refractivity contribution is 5.97. The van der Waals surface area contributed by atoms with E-state index in [2.05, 4.69) is 5.32 Å². The normalized spacial score (nSPS) is 13.0. The van der Waals surface area contributed by atoms with E-state index in [1.165, 1.54) is 0 Å². The van der Waals surface area contributed by atoms with Crippen molar-refractivity contribution in [1.29, 1.82) is 0 Å². The van der Waals surface area contributed by atoms with Crippen LogP contribution in [0.15, 0.2) is 48.5 Å². The number of carbonyl (C=O) groups is 2. The Labute approximate surface area is 147 Å². The summed E-state index contributed by atoms with van der Waals surface area (Å²) in [5, 5.41) is 13.2. The number of nitrogens with one attached hydrogen (secondary N) is 1. The average molecular weight is 341 g/mol. The monoisotopic (exact) mass is 341 g/mol. The highest BCUT2D eigenvalue weighted by Gasteiger charge is 2.31. The lowest BCUT2D eigenvalue weighted by Crippen LogP contribution is -2.46. The molecule has 5 heteroatoms. The van der Waals surface area contributed by atoms with Crippen molar-refractivity contribution in [3.05, 3.63) is 70.8 Å². The molecule has 0 aliphatic heterocycles. The fourth-order valence-corrected chi connectivity index (χ4v) is 2.45. The molecule has 2 unspecified atom stereocenters. The first-order valence-corrected chi connectivity index (χ1v) is 8.21. The van der Waals surface area contributed by atoms with Crippen LogP contribution in [0.5, 0.6) is 0 Å². The van der Waals surface area contributed by atoms with E-state index in [-0.39, 0.29) is 6.61 Å². The van der Waals surface area contributed by atoms with Gasteiger partial charge in [0, 0.05) is 5.56 Å². The lowest BCUT2D eigenvalue weighted by molar-refractivity contribution is -0.148. The quantitative estimate of drug-likeness (QED) is 0.792. The summed E-state index contributed by atoms with van der Waals surface area (Å²) in [4.78, 5) is 24.8.